The molecule has 3 heteroatoms. The van der Waals surface area contributed by atoms with Gasteiger partial charge in [0.05, 0.1) is 6.54 Å². The van der Waals surface area contributed by atoms with E-state index in [1.54, 1.807) is 0 Å². The molecule has 0 aromatic heterocycles. The second kappa shape index (κ2) is 9.00. The standard InChI is InChI=1S/C11H24N2O/c1-4-7-9-13(6-3)10-11(14)12-8-5-2/h4-10H2,1-3H3,(H,12,14). The highest BCUT2D eigenvalue weighted by Crippen LogP contribution is 1.94. The van der Waals surface area contributed by atoms with E-state index in [9.17, 15) is 4.79 Å². The van der Waals surface area contributed by atoms with E-state index < -0.39 is 0 Å². The summed E-state index contributed by atoms with van der Waals surface area (Å²) >= 11 is 0. The minimum absolute atomic E-state index is 0.157. The van der Waals surface area contributed by atoms with Crippen molar-refractivity contribution in [1.29, 1.82) is 0 Å². The quantitative estimate of drug-likeness (QED) is 0.646. The van der Waals surface area contributed by atoms with Gasteiger partial charge in [-0.1, -0.05) is 27.2 Å². The number of unbranched alkanes of at least 4 members (excludes halogenated alkanes) is 1. The lowest BCUT2D eigenvalue weighted by Crippen LogP contribution is -2.37. The minimum Gasteiger partial charge on any atom is -0.355 e. The second-order valence-corrected chi connectivity index (χ2v) is 3.57. The minimum atomic E-state index is 0.157. The molecule has 0 aliphatic rings. The number of hydrogen-bond acceptors (Lipinski definition) is 2. The third kappa shape index (κ3) is 6.89. The molecule has 0 rings (SSSR count). The van der Waals surface area contributed by atoms with Crippen LogP contribution in [0.25, 0.3) is 0 Å². The number of carbonyl (C=O) groups excluding carboxylic acids is 1. The van der Waals surface area contributed by atoms with Crippen molar-refractivity contribution in [3.8, 4) is 0 Å². The average Bonchev–Trinajstić information content (AvgIpc) is 2.21. The highest BCUT2D eigenvalue weighted by atomic mass is 16.2. The molecule has 1 N–H and O–H groups in total. The molecule has 0 heterocycles. The van der Waals surface area contributed by atoms with Crippen molar-refractivity contribution in [1.82, 2.24) is 10.2 Å². The molecule has 1 amide bonds. The molecule has 0 fully saturated rings. The molecule has 0 spiro atoms. The third-order valence-corrected chi connectivity index (χ3v) is 2.21. The van der Waals surface area contributed by atoms with Gasteiger partial charge in [0.15, 0.2) is 0 Å². The first-order valence-corrected chi connectivity index (χ1v) is 5.73. The number of carbonyl (C=O) groups is 1. The van der Waals surface area contributed by atoms with Crippen LogP contribution >= 0.6 is 0 Å². The average molecular weight is 200 g/mol. The van der Waals surface area contributed by atoms with Gasteiger partial charge in [0.1, 0.15) is 0 Å². The van der Waals surface area contributed by atoms with Crippen LogP contribution in [0.4, 0.5) is 0 Å². The molecular weight excluding hydrogens is 176 g/mol. The van der Waals surface area contributed by atoms with Crippen LogP contribution < -0.4 is 5.32 Å². The van der Waals surface area contributed by atoms with Crippen molar-refractivity contribution in [3.63, 3.8) is 0 Å². The van der Waals surface area contributed by atoms with Crippen molar-refractivity contribution >= 4 is 5.91 Å². The van der Waals surface area contributed by atoms with Crippen molar-refractivity contribution < 1.29 is 4.79 Å². The Morgan fingerprint density at radius 1 is 1.21 bits per heavy atom. The molecule has 0 saturated carbocycles. The molecule has 3 nitrogen and oxygen atoms in total. The van der Waals surface area contributed by atoms with Gasteiger partial charge in [-0.25, -0.2) is 0 Å². The Kier molecular flexibility index (Phi) is 8.64. The molecule has 0 unspecified atom stereocenters. The van der Waals surface area contributed by atoms with Crippen molar-refractivity contribution in [2.24, 2.45) is 0 Å². The van der Waals surface area contributed by atoms with Crippen LogP contribution in [-0.2, 0) is 4.79 Å². The lowest BCUT2D eigenvalue weighted by atomic mass is 10.3. The first-order valence-electron chi connectivity index (χ1n) is 5.73. The topological polar surface area (TPSA) is 32.3 Å². The van der Waals surface area contributed by atoms with Gasteiger partial charge in [0.25, 0.3) is 0 Å². The van der Waals surface area contributed by atoms with Gasteiger partial charge >= 0.3 is 0 Å². The smallest absolute Gasteiger partial charge is 0.234 e. The van der Waals surface area contributed by atoms with Gasteiger partial charge in [-0.2, -0.15) is 0 Å². The maximum Gasteiger partial charge on any atom is 0.234 e. The van der Waals surface area contributed by atoms with Crippen LogP contribution in [0.1, 0.15) is 40.0 Å². The summed E-state index contributed by atoms with van der Waals surface area (Å²) in [6, 6.07) is 0. The van der Waals surface area contributed by atoms with Crippen LogP contribution in [-0.4, -0.2) is 37.0 Å². The fraction of sp³-hybridized carbons (Fsp3) is 0.909. The number of nitrogens with one attached hydrogen (secondary N) is 1. The van der Waals surface area contributed by atoms with E-state index in [4.69, 9.17) is 0 Å². The molecule has 0 atom stereocenters. The zero-order valence-corrected chi connectivity index (χ0v) is 9.81. The Hall–Kier alpha value is -0.570. The predicted octanol–water partition coefficient (Wildman–Crippen LogP) is 1.63. The second-order valence-electron chi connectivity index (χ2n) is 3.57. The predicted molar refractivity (Wildman–Crippen MR) is 60.3 cm³/mol. The van der Waals surface area contributed by atoms with Crippen LogP contribution in [0, 0.1) is 0 Å². The van der Waals surface area contributed by atoms with Gasteiger partial charge in [0, 0.05) is 6.54 Å². The van der Waals surface area contributed by atoms with Gasteiger partial charge in [-0.05, 0) is 25.9 Å². The van der Waals surface area contributed by atoms with Crippen molar-refractivity contribution in [3.05, 3.63) is 0 Å². The maximum atomic E-state index is 11.4. The van der Waals surface area contributed by atoms with Crippen LogP contribution in [0.15, 0.2) is 0 Å². The highest BCUT2D eigenvalue weighted by Gasteiger charge is 2.06. The van der Waals surface area contributed by atoms with E-state index in [1.807, 2.05) is 0 Å². The molecule has 0 aromatic rings. The summed E-state index contributed by atoms with van der Waals surface area (Å²) < 4.78 is 0. The lowest BCUT2D eigenvalue weighted by molar-refractivity contribution is -0.122. The summed E-state index contributed by atoms with van der Waals surface area (Å²) in [5, 5.41) is 2.89. The fourth-order valence-corrected chi connectivity index (χ4v) is 1.25. The number of likely N-dealkylation sites (N-methyl/N-ethyl adjacent to an activating group) is 1. The molecule has 0 aliphatic carbocycles. The van der Waals surface area contributed by atoms with Crippen LogP contribution in [0.2, 0.25) is 0 Å². The van der Waals surface area contributed by atoms with E-state index in [2.05, 4.69) is 31.0 Å². The van der Waals surface area contributed by atoms with E-state index >= 15 is 0 Å². The van der Waals surface area contributed by atoms with Gasteiger partial charge in [-0.3, -0.25) is 9.69 Å². The number of nitrogens with zero attached hydrogens (tertiary/aromatic N) is 1. The van der Waals surface area contributed by atoms with E-state index in [0.29, 0.717) is 6.54 Å². The normalized spacial score (nSPS) is 10.6. The molecule has 0 saturated heterocycles. The summed E-state index contributed by atoms with van der Waals surface area (Å²) in [4.78, 5) is 13.6. The maximum absolute atomic E-state index is 11.4. The van der Waals surface area contributed by atoms with Crippen LogP contribution in [0.3, 0.4) is 0 Å². The molecule has 0 aromatic carbocycles. The summed E-state index contributed by atoms with van der Waals surface area (Å²) in [6.45, 7) is 9.68. The largest absolute Gasteiger partial charge is 0.355 e. The van der Waals surface area contributed by atoms with Gasteiger partial charge in [0.2, 0.25) is 5.91 Å². The van der Waals surface area contributed by atoms with Crippen molar-refractivity contribution in [2.45, 2.75) is 40.0 Å². The fourth-order valence-electron chi connectivity index (χ4n) is 1.25. The van der Waals surface area contributed by atoms with Crippen molar-refractivity contribution in [2.75, 3.05) is 26.2 Å². The van der Waals surface area contributed by atoms with Gasteiger partial charge in [-0.15, -0.1) is 0 Å². The van der Waals surface area contributed by atoms with E-state index in [1.165, 1.54) is 12.8 Å². The SMILES string of the molecule is CCCCN(CC)CC(=O)NCCC. The molecule has 0 bridgehead atoms. The van der Waals surface area contributed by atoms with E-state index in [-0.39, 0.29) is 5.91 Å². The first-order chi connectivity index (χ1) is 6.74. The molecule has 84 valence electrons. The number of amides is 1. The Balaban J connectivity index is 3.62. The zero-order valence-electron chi connectivity index (χ0n) is 9.81. The Morgan fingerprint density at radius 3 is 2.43 bits per heavy atom. The lowest BCUT2D eigenvalue weighted by Gasteiger charge is -2.19. The monoisotopic (exact) mass is 200 g/mol. The summed E-state index contributed by atoms with van der Waals surface area (Å²) in [7, 11) is 0. The number of rotatable bonds is 8. The summed E-state index contributed by atoms with van der Waals surface area (Å²) in [5.41, 5.74) is 0. The zero-order chi connectivity index (χ0) is 10.8. The Bertz CT molecular complexity index is 148. The summed E-state index contributed by atoms with van der Waals surface area (Å²) in [5.74, 6) is 0.157. The third-order valence-electron chi connectivity index (χ3n) is 2.21. The molecule has 0 radical (unpaired) electrons. The summed E-state index contributed by atoms with van der Waals surface area (Å²) in [6.07, 6.45) is 3.37. The van der Waals surface area contributed by atoms with Crippen LogP contribution in [0.5, 0.6) is 0 Å². The molecule has 0 aliphatic heterocycles. The Morgan fingerprint density at radius 2 is 1.93 bits per heavy atom. The van der Waals surface area contributed by atoms with Gasteiger partial charge < -0.3 is 5.32 Å². The first kappa shape index (κ1) is 13.4. The molecular formula is C11H24N2O. The Labute approximate surface area is 87.9 Å². The highest BCUT2D eigenvalue weighted by molar-refractivity contribution is 5.77. The molecule has 14 heavy (non-hydrogen) atoms. The number of hydrogen-bond donors (Lipinski definition) is 1. The van der Waals surface area contributed by atoms with E-state index in [0.717, 1.165) is 26.1 Å².